The molecule has 0 bridgehead atoms. The molecule has 0 aliphatic heterocycles. The maximum atomic E-state index is 12.7. The van der Waals surface area contributed by atoms with Gasteiger partial charge in [0.05, 0.1) is 53.0 Å². The molecule has 0 fully saturated rings. The van der Waals surface area contributed by atoms with Gasteiger partial charge in [0.2, 0.25) is 0 Å². The fourth-order valence-electron chi connectivity index (χ4n) is 7.38. The Morgan fingerprint density at radius 2 is 0.787 bits per heavy atom. The topological polar surface area (TPSA) is 431 Å². The van der Waals surface area contributed by atoms with E-state index in [2.05, 4.69) is 56.9 Å². The number of nitrogens with zero attached hydrogens (tertiary/aromatic N) is 8. The first kappa shape index (κ1) is 64.7. The molecule has 0 aromatic heterocycles. The zero-order valence-electron chi connectivity index (χ0n) is 42.5. The van der Waals surface area contributed by atoms with Gasteiger partial charge in [-0.25, -0.2) is 0 Å². The molecule has 8 aromatic rings. The summed E-state index contributed by atoms with van der Waals surface area (Å²) in [4.78, 5) is -2.33. The van der Waals surface area contributed by atoms with E-state index < -0.39 is 67.9 Å². The average molecular weight is 1180 g/mol. The summed E-state index contributed by atoms with van der Waals surface area (Å²) in [6.45, 7) is 0.437. The molecular weight excluding hydrogens is 1130 g/mol. The molecule has 14 N–H and O–H groups in total. The van der Waals surface area contributed by atoms with Gasteiger partial charge in [-0.15, -0.1) is 20.5 Å². The van der Waals surface area contributed by atoms with Crippen LogP contribution in [0.15, 0.2) is 183 Å². The molecule has 8 aromatic carbocycles. The minimum Gasteiger partial charge on any atom is -0.505 e. The second-order valence-corrected chi connectivity index (χ2v) is 20.6. The normalized spacial score (nSPS) is 12.0. The number of aromatic hydroxyl groups is 2. The first-order valence-electron chi connectivity index (χ1n) is 22.3. The summed E-state index contributed by atoms with van der Waals surface area (Å²) >= 11 is 0. The van der Waals surface area contributed by atoms with Crippen molar-refractivity contribution in [3.05, 3.63) is 127 Å². The van der Waals surface area contributed by atoms with Gasteiger partial charge >= 0.3 is 0 Å². The number of azo groups is 4. The molecule has 0 saturated carbocycles. The van der Waals surface area contributed by atoms with Gasteiger partial charge in [0, 0.05) is 130 Å². The summed E-state index contributed by atoms with van der Waals surface area (Å²) in [5, 5.41) is 82.3. The Bertz CT molecular complexity index is 4110. The van der Waals surface area contributed by atoms with Gasteiger partial charge < -0.3 is 47.8 Å². The van der Waals surface area contributed by atoms with Crippen LogP contribution in [0.5, 0.6) is 11.5 Å². The van der Waals surface area contributed by atoms with Crippen LogP contribution in [0, 0.1) is 0 Å². The number of nitrogen functional groups attached to an aromatic ring is 2. The second-order valence-electron chi connectivity index (χ2n) is 16.4. The van der Waals surface area contributed by atoms with Gasteiger partial charge in [-0.2, -0.15) is 45.7 Å². The Balaban J connectivity index is 0.00000392. The predicted octanol–water partition coefficient (Wildman–Crippen LogP) is 9.38. The van der Waals surface area contributed by atoms with Crippen molar-refractivity contribution in [1.82, 2.24) is 0 Å². The standard InChI is InChI=1S/C48H43N13O13S3.3Na/c49-37-23-30(51-15-17-62)9-12-39(37)58-55-32-3-1-26-19-43(76(69,70)71)45(47(64)35(26)21-32)60-54-29-7-5-28(6-8-29)53-41-14-11-34(25-42(41)75(66,67)68)57-61-46-44(77(72,73)74)20-27-2-4-33(22-36(27)48(46)65)56-59-40-13-10-31(24-38(40)50)52-16-18-63;;;/h1-14,19-25,51-53,62-65H,15-18,49-50H2,(H,66,67,68)(H,69,70,71)(H,72,73,74);;;. The van der Waals surface area contributed by atoms with Crippen LogP contribution in [0.1, 0.15) is 0 Å². The van der Waals surface area contributed by atoms with Crippen LogP contribution < -0.4 is 27.4 Å². The zero-order chi connectivity index (χ0) is 55.2. The molecule has 0 saturated heterocycles. The van der Waals surface area contributed by atoms with Crippen molar-refractivity contribution in [2.45, 2.75) is 14.7 Å². The number of aliphatic hydroxyl groups is 2. The summed E-state index contributed by atoms with van der Waals surface area (Å²) in [7, 11) is -15.0. The molecule has 0 spiro atoms. The van der Waals surface area contributed by atoms with Crippen LogP contribution in [0.25, 0.3) is 21.5 Å². The van der Waals surface area contributed by atoms with Gasteiger partial charge in [-0.05, 0) is 126 Å². The third-order valence-corrected chi connectivity index (χ3v) is 13.7. The van der Waals surface area contributed by atoms with Crippen molar-refractivity contribution < 1.29 is 59.3 Å². The Morgan fingerprint density at radius 1 is 0.412 bits per heavy atom. The largest absolute Gasteiger partial charge is 0.505 e. The van der Waals surface area contributed by atoms with E-state index in [1.165, 1.54) is 72.8 Å². The fraction of sp³-hybridized carbons (Fsp3) is 0.0833. The number of anilines is 6. The van der Waals surface area contributed by atoms with E-state index in [0.717, 1.165) is 18.2 Å². The molecule has 0 aliphatic carbocycles. The van der Waals surface area contributed by atoms with Crippen LogP contribution in [0.3, 0.4) is 0 Å². The number of rotatable bonds is 19. The van der Waals surface area contributed by atoms with E-state index in [1.807, 2.05) is 0 Å². The number of phenols is 2. The summed E-state index contributed by atoms with van der Waals surface area (Å²) in [5.41, 5.74) is 13.6. The van der Waals surface area contributed by atoms with E-state index in [0.29, 0.717) is 35.8 Å². The van der Waals surface area contributed by atoms with E-state index in [4.69, 9.17) is 21.7 Å². The number of nitrogens with one attached hydrogen (secondary N) is 3. The van der Waals surface area contributed by atoms with Gasteiger partial charge in [0.15, 0.2) is 11.5 Å². The Kier molecular flexibility index (Phi) is 22.3. The van der Waals surface area contributed by atoms with E-state index in [-0.39, 0.29) is 169 Å². The molecule has 80 heavy (non-hydrogen) atoms. The van der Waals surface area contributed by atoms with Crippen molar-refractivity contribution in [1.29, 1.82) is 0 Å². The monoisotopic (exact) mass is 1170 g/mol. The Labute approximate surface area is 522 Å². The van der Waals surface area contributed by atoms with Crippen LogP contribution in [-0.2, 0) is 30.4 Å². The Hall–Kier alpha value is -6.07. The van der Waals surface area contributed by atoms with E-state index >= 15 is 0 Å². The van der Waals surface area contributed by atoms with E-state index in [1.54, 1.807) is 36.4 Å². The zero-order valence-corrected chi connectivity index (χ0v) is 50.9. The van der Waals surface area contributed by atoms with Crippen molar-refractivity contribution in [2.75, 3.05) is 53.7 Å². The number of fused-ring (bicyclic) bond motifs is 2. The smallest absolute Gasteiger partial charge is 0.296 e. The summed E-state index contributed by atoms with van der Waals surface area (Å²) in [6, 6.07) is 29.2. The molecule has 0 unspecified atom stereocenters. The average Bonchev–Trinajstić information content (AvgIpc) is 3.41. The second kappa shape index (κ2) is 27.6. The molecule has 0 atom stereocenters. The quantitative estimate of drug-likeness (QED) is 0.0155. The molecule has 26 nitrogen and oxygen atoms in total. The molecule has 399 valence electrons. The minimum absolute atomic E-state index is 0. The SMILES string of the molecule is Nc1cc(NCCO)ccc1N=Nc1ccc2cc(S(=O)(=O)O)c(N=Nc3ccc(Nc4ccc(N=Nc5c(S(=O)(=O)O)cc6ccc(N=Nc7ccc(NCCO)cc7N)cc6c5O)cc4S(=O)(=O)O)cc3)c(O)c2c1.[Na].[Na].[Na]. The predicted molar refractivity (Wildman–Crippen MR) is 304 cm³/mol. The number of hydrogen-bond donors (Lipinski definition) is 12. The summed E-state index contributed by atoms with van der Waals surface area (Å²) < 4.78 is 106. The first-order valence-corrected chi connectivity index (χ1v) is 26.6. The molecule has 3 radical (unpaired) electrons. The first-order chi connectivity index (χ1) is 36.6. The number of nitrogens with two attached hydrogens (primary N) is 2. The van der Waals surface area contributed by atoms with Crippen LogP contribution in [-0.4, -0.2) is 174 Å². The molecular formula is C48H43N13Na3O13S3. The van der Waals surface area contributed by atoms with Gasteiger partial charge in [-0.1, -0.05) is 12.1 Å². The summed E-state index contributed by atoms with van der Waals surface area (Å²) in [5.74, 6) is -1.43. The maximum Gasteiger partial charge on any atom is 0.296 e. The van der Waals surface area contributed by atoms with Crippen LogP contribution in [0.4, 0.5) is 79.6 Å². The summed E-state index contributed by atoms with van der Waals surface area (Å²) in [6.07, 6.45) is 0. The number of aliphatic hydroxyl groups excluding tert-OH is 2. The van der Waals surface area contributed by atoms with Crippen molar-refractivity contribution in [3.8, 4) is 11.5 Å². The van der Waals surface area contributed by atoms with Gasteiger partial charge in [-0.3, -0.25) is 13.7 Å². The molecule has 0 amide bonds. The maximum absolute atomic E-state index is 12.7. The molecule has 0 aliphatic rings. The molecule has 0 heterocycles. The Morgan fingerprint density at radius 3 is 1.20 bits per heavy atom. The number of benzene rings is 8. The van der Waals surface area contributed by atoms with Crippen molar-refractivity contribution in [3.63, 3.8) is 0 Å². The molecule has 8 rings (SSSR count). The third-order valence-electron chi connectivity index (χ3n) is 11.0. The molecule has 32 heteroatoms. The fourth-order valence-corrected chi connectivity index (χ4v) is 9.36. The van der Waals surface area contributed by atoms with Gasteiger partial charge in [0.1, 0.15) is 37.4 Å². The minimum atomic E-state index is -5.06. The number of hydrogen-bond acceptors (Lipinski definition) is 23. The number of phenolic OH excluding ortho intramolecular Hbond substituents is 2. The van der Waals surface area contributed by atoms with Gasteiger partial charge in [0.25, 0.3) is 30.4 Å². The third kappa shape index (κ3) is 15.9. The van der Waals surface area contributed by atoms with Crippen LogP contribution >= 0.6 is 0 Å². The van der Waals surface area contributed by atoms with Crippen molar-refractivity contribution >= 4 is 220 Å². The van der Waals surface area contributed by atoms with E-state index in [9.17, 15) is 49.1 Å². The van der Waals surface area contributed by atoms with Crippen LogP contribution in [0.2, 0.25) is 0 Å². The van der Waals surface area contributed by atoms with Crippen molar-refractivity contribution in [2.24, 2.45) is 40.9 Å².